The third-order valence-corrected chi connectivity index (χ3v) is 4.85. The number of fused-ring (bicyclic) bond motifs is 1. The Labute approximate surface area is 124 Å². The first-order valence-corrected chi connectivity index (χ1v) is 7.83. The Bertz CT molecular complexity index is 628. The van der Waals surface area contributed by atoms with E-state index < -0.39 is 0 Å². The van der Waals surface area contributed by atoms with Gasteiger partial charge in [0.15, 0.2) is 0 Å². The topological polar surface area (TPSA) is 60.0 Å². The molecule has 0 unspecified atom stereocenters. The number of rotatable bonds is 2. The SMILES string of the molecule is Nc1c2c(nn1-c1ccncc1)CCN(C1CCCC1)C2. The first-order valence-electron chi connectivity index (χ1n) is 7.83. The van der Waals surface area contributed by atoms with Gasteiger partial charge in [-0.15, -0.1) is 0 Å². The summed E-state index contributed by atoms with van der Waals surface area (Å²) in [5.74, 6) is 0.791. The highest BCUT2D eigenvalue weighted by Gasteiger charge is 2.29. The normalized spacial score (nSPS) is 19.8. The molecule has 0 bridgehead atoms. The van der Waals surface area contributed by atoms with Crippen LogP contribution in [0.2, 0.25) is 0 Å². The highest BCUT2D eigenvalue weighted by Crippen LogP contribution is 2.31. The zero-order chi connectivity index (χ0) is 14.2. The lowest BCUT2D eigenvalue weighted by molar-refractivity contribution is 0.181. The molecule has 4 rings (SSSR count). The lowest BCUT2D eigenvalue weighted by atomic mass is 10.0. The Morgan fingerprint density at radius 3 is 2.67 bits per heavy atom. The lowest BCUT2D eigenvalue weighted by Gasteiger charge is -2.31. The summed E-state index contributed by atoms with van der Waals surface area (Å²) in [6.45, 7) is 2.07. The van der Waals surface area contributed by atoms with Gasteiger partial charge in [0, 0.05) is 43.5 Å². The van der Waals surface area contributed by atoms with E-state index in [9.17, 15) is 0 Å². The van der Waals surface area contributed by atoms with Crippen molar-refractivity contribution in [2.45, 2.75) is 44.7 Å². The Balaban J connectivity index is 1.65. The smallest absolute Gasteiger partial charge is 0.132 e. The van der Waals surface area contributed by atoms with Gasteiger partial charge in [0.05, 0.1) is 11.4 Å². The molecule has 2 aliphatic rings. The van der Waals surface area contributed by atoms with Gasteiger partial charge in [-0.2, -0.15) is 5.10 Å². The first kappa shape index (κ1) is 12.8. The number of nitrogens with zero attached hydrogens (tertiary/aromatic N) is 4. The number of pyridine rings is 1. The molecule has 0 aromatic carbocycles. The quantitative estimate of drug-likeness (QED) is 0.917. The van der Waals surface area contributed by atoms with E-state index in [1.807, 2.05) is 16.8 Å². The molecule has 1 fully saturated rings. The predicted molar refractivity (Wildman–Crippen MR) is 82.1 cm³/mol. The number of hydrogen-bond acceptors (Lipinski definition) is 4. The monoisotopic (exact) mass is 283 g/mol. The summed E-state index contributed by atoms with van der Waals surface area (Å²) in [7, 11) is 0. The van der Waals surface area contributed by atoms with Crippen LogP contribution in [0.1, 0.15) is 36.9 Å². The maximum Gasteiger partial charge on any atom is 0.132 e. The van der Waals surface area contributed by atoms with E-state index in [1.54, 1.807) is 12.4 Å². The summed E-state index contributed by atoms with van der Waals surface area (Å²) >= 11 is 0. The summed E-state index contributed by atoms with van der Waals surface area (Å²) in [6.07, 6.45) is 10.00. The molecule has 21 heavy (non-hydrogen) atoms. The lowest BCUT2D eigenvalue weighted by Crippen LogP contribution is -2.37. The molecule has 110 valence electrons. The Hall–Kier alpha value is -1.88. The van der Waals surface area contributed by atoms with Crippen LogP contribution in [0.25, 0.3) is 5.69 Å². The van der Waals surface area contributed by atoms with Gasteiger partial charge in [0.1, 0.15) is 5.82 Å². The number of nitrogens with two attached hydrogens (primary N) is 1. The van der Waals surface area contributed by atoms with Crippen molar-refractivity contribution in [1.82, 2.24) is 19.7 Å². The Morgan fingerprint density at radius 1 is 1.14 bits per heavy atom. The third kappa shape index (κ3) is 2.21. The van der Waals surface area contributed by atoms with Crippen LogP contribution in [0, 0.1) is 0 Å². The van der Waals surface area contributed by atoms with Crippen molar-refractivity contribution in [2.24, 2.45) is 0 Å². The van der Waals surface area contributed by atoms with Crippen molar-refractivity contribution in [3.8, 4) is 5.69 Å². The maximum atomic E-state index is 6.37. The molecule has 0 amide bonds. The van der Waals surface area contributed by atoms with Crippen LogP contribution < -0.4 is 5.73 Å². The summed E-state index contributed by atoms with van der Waals surface area (Å²) in [6, 6.07) is 4.65. The van der Waals surface area contributed by atoms with Crippen LogP contribution >= 0.6 is 0 Å². The van der Waals surface area contributed by atoms with E-state index in [0.717, 1.165) is 37.1 Å². The second kappa shape index (κ2) is 5.15. The minimum absolute atomic E-state index is 0.752. The highest BCUT2D eigenvalue weighted by atomic mass is 15.3. The van der Waals surface area contributed by atoms with E-state index >= 15 is 0 Å². The van der Waals surface area contributed by atoms with Crippen molar-refractivity contribution in [1.29, 1.82) is 0 Å². The first-order chi connectivity index (χ1) is 10.3. The van der Waals surface area contributed by atoms with E-state index in [1.165, 1.54) is 36.9 Å². The van der Waals surface area contributed by atoms with Gasteiger partial charge in [-0.05, 0) is 25.0 Å². The molecule has 5 nitrogen and oxygen atoms in total. The fourth-order valence-corrected chi connectivity index (χ4v) is 3.68. The van der Waals surface area contributed by atoms with Crippen LogP contribution in [0.15, 0.2) is 24.5 Å². The Morgan fingerprint density at radius 2 is 1.90 bits per heavy atom. The second-order valence-corrected chi connectivity index (χ2v) is 6.09. The highest BCUT2D eigenvalue weighted by molar-refractivity contribution is 5.50. The predicted octanol–water partition coefficient (Wildman–Crippen LogP) is 2.15. The van der Waals surface area contributed by atoms with Crippen molar-refractivity contribution >= 4 is 5.82 Å². The number of anilines is 1. The van der Waals surface area contributed by atoms with Crippen LogP contribution in [0.5, 0.6) is 0 Å². The summed E-state index contributed by atoms with van der Waals surface area (Å²) < 4.78 is 1.87. The van der Waals surface area contributed by atoms with E-state index in [4.69, 9.17) is 10.8 Å². The molecule has 0 atom stereocenters. The van der Waals surface area contributed by atoms with Crippen molar-refractivity contribution in [3.63, 3.8) is 0 Å². The zero-order valence-electron chi connectivity index (χ0n) is 12.2. The summed E-state index contributed by atoms with van der Waals surface area (Å²) in [5, 5.41) is 4.72. The van der Waals surface area contributed by atoms with Crippen molar-refractivity contribution < 1.29 is 0 Å². The molecule has 0 radical (unpaired) electrons. The average Bonchev–Trinajstić information content (AvgIpc) is 3.17. The van der Waals surface area contributed by atoms with Crippen LogP contribution in [-0.4, -0.2) is 32.3 Å². The van der Waals surface area contributed by atoms with Gasteiger partial charge >= 0.3 is 0 Å². The van der Waals surface area contributed by atoms with Gasteiger partial charge in [-0.1, -0.05) is 12.8 Å². The molecule has 2 aromatic rings. The van der Waals surface area contributed by atoms with Crippen LogP contribution in [0.4, 0.5) is 5.82 Å². The Kier molecular flexibility index (Phi) is 3.15. The fourth-order valence-electron chi connectivity index (χ4n) is 3.68. The fraction of sp³-hybridized carbons (Fsp3) is 0.500. The van der Waals surface area contributed by atoms with Crippen LogP contribution in [0.3, 0.4) is 0 Å². The zero-order valence-corrected chi connectivity index (χ0v) is 12.2. The van der Waals surface area contributed by atoms with Gasteiger partial charge in [0.25, 0.3) is 0 Å². The summed E-state index contributed by atoms with van der Waals surface area (Å²) in [5.41, 5.74) is 9.75. The molecule has 2 aromatic heterocycles. The molecule has 1 aliphatic carbocycles. The van der Waals surface area contributed by atoms with E-state index in [2.05, 4.69) is 9.88 Å². The number of hydrogen-bond donors (Lipinski definition) is 1. The van der Waals surface area contributed by atoms with E-state index in [0.29, 0.717) is 0 Å². The van der Waals surface area contributed by atoms with E-state index in [-0.39, 0.29) is 0 Å². The molecular weight excluding hydrogens is 262 g/mol. The van der Waals surface area contributed by atoms with Crippen molar-refractivity contribution in [3.05, 3.63) is 35.8 Å². The average molecular weight is 283 g/mol. The molecule has 1 saturated carbocycles. The number of aromatic nitrogens is 3. The van der Waals surface area contributed by atoms with Crippen molar-refractivity contribution in [2.75, 3.05) is 12.3 Å². The molecule has 5 heteroatoms. The van der Waals surface area contributed by atoms with Gasteiger partial charge in [-0.25, -0.2) is 4.68 Å². The molecule has 0 spiro atoms. The van der Waals surface area contributed by atoms with Gasteiger partial charge in [-0.3, -0.25) is 9.88 Å². The molecule has 3 heterocycles. The van der Waals surface area contributed by atoms with Gasteiger partial charge in [0.2, 0.25) is 0 Å². The molecule has 0 saturated heterocycles. The standard InChI is InChI=1S/C16H21N5/c17-16-14-11-20(12-3-1-2-4-12)10-7-15(14)19-21(16)13-5-8-18-9-6-13/h5-6,8-9,12H,1-4,7,10-11,17H2. The third-order valence-electron chi connectivity index (χ3n) is 4.85. The maximum absolute atomic E-state index is 6.37. The number of nitrogen functional groups attached to an aromatic ring is 1. The molecule has 2 N–H and O–H groups in total. The second-order valence-electron chi connectivity index (χ2n) is 6.09. The van der Waals surface area contributed by atoms with Crippen LogP contribution in [-0.2, 0) is 13.0 Å². The van der Waals surface area contributed by atoms with Gasteiger partial charge < -0.3 is 5.73 Å². The minimum atomic E-state index is 0.752. The largest absolute Gasteiger partial charge is 0.383 e. The minimum Gasteiger partial charge on any atom is -0.383 e. The molecular formula is C16H21N5. The molecule has 1 aliphatic heterocycles. The summed E-state index contributed by atoms with van der Waals surface area (Å²) in [4.78, 5) is 6.66.